The zero-order chi connectivity index (χ0) is 20.6. The quantitative estimate of drug-likeness (QED) is 0.528. The van der Waals surface area contributed by atoms with Gasteiger partial charge in [-0.2, -0.15) is 0 Å². The van der Waals surface area contributed by atoms with E-state index in [-0.39, 0.29) is 6.10 Å². The summed E-state index contributed by atoms with van der Waals surface area (Å²) in [4.78, 5) is 4.35. The van der Waals surface area contributed by atoms with Crippen molar-refractivity contribution >= 4 is 5.96 Å². The van der Waals surface area contributed by atoms with Crippen LogP contribution in [0.25, 0.3) is 0 Å². The standard InChI is InChI=1S/C23H31N3O3/c1-5-28-21-11-19-10-16(2)29-22(19)12-20(21)14-26-23(24-3)25-13-17-8-6-7-9-18(17)15-27-4/h6-9,11-12,16H,5,10,13-15H2,1-4H3,(H2,24,25,26). The highest BCUT2D eigenvalue weighted by Gasteiger charge is 2.21. The van der Waals surface area contributed by atoms with Gasteiger partial charge < -0.3 is 24.8 Å². The fourth-order valence-corrected chi connectivity index (χ4v) is 3.51. The molecule has 1 atom stereocenters. The smallest absolute Gasteiger partial charge is 0.191 e. The highest BCUT2D eigenvalue weighted by Crippen LogP contribution is 2.35. The number of guanidine groups is 1. The summed E-state index contributed by atoms with van der Waals surface area (Å²) in [5.41, 5.74) is 4.62. The number of methoxy groups -OCH3 is 1. The lowest BCUT2D eigenvalue weighted by atomic mass is 10.1. The molecule has 1 aliphatic rings. The van der Waals surface area contributed by atoms with Gasteiger partial charge in [-0.25, -0.2) is 0 Å². The van der Waals surface area contributed by atoms with E-state index in [1.807, 2.05) is 19.1 Å². The van der Waals surface area contributed by atoms with Crippen LogP contribution < -0.4 is 20.1 Å². The lowest BCUT2D eigenvalue weighted by molar-refractivity contribution is 0.184. The van der Waals surface area contributed by atoms with E-state index in [2.05, 4.69) is 46.8 Å². The van der Waals surface area contributed by atoms with E-state index in [4.69, 9.17) is 14.2 Å². The third-order valence-corrected chi connectivity index (χ3v) is 4.91. The zero-order valence-corrected chi connectivity index (χ0v) is 17.7. The van der Waals surface area contributed by atoms with Crippen LogP contribution >= 0.6 is 0 Å². The lowest BCUT2D eigenvalue weighted by Gasteiger charge is -2.16. The van der Waals surface area contributed by atoms with Gasteiger partial charge in [0.2, 0.25) is 0 Å². The molecule has 0 aromatic heterocycles. The Balaban J connectivity index is 1.65. The Bertz CT molecular complexity index is 851. The molecule has 6 nitrogen and oxygen atoms in total. The second-order valence-corrected chi connectivity index (χ2v) is 7.11. The maximum Gasteiger partial charge on any atom is 0.191 e. The average molecular weight is 398 g/mol. The average Bonchev–Trinajstić information content (AvgIpc) is 3.08. The number of ether oxygens (including phenoxy) is 3. The van der Waals surface area contributed by atoms with Gasteiger partial charge in [0.25, 0.3) is 0 Å². The van der Waals surface area contributed by atoms with E-state index in [1.165, 1.54) is 16.7 Å². The summed E-state index contributed by atoms with van der Waals surface area (Å²) < 4.78 is 17.1. The number of benzene rings is 2. The van der Waals surface area contributed by atoms with E-state index >= 15 is 0 Å². The Hall–Kier alpha value is -2.73. The molecule has 0 amide bonds. The first-order valence-corrected chi connectivity index (χ1v) is 10.1. The molecular weight excluding hydrogens is 366 g/mol. The van der Waals surface area contributed by atoms with Gasteiger partial charge in [-0.05, 0) is 37.1 Å². The van der Waals surface area contributed by atoms with Crippen molar-refractivity contribution in [3.8, 4) is 11.5 Å². The first kappa shape index (κ1) is 21.0. The van der Waals surface area contributed by atoms with Gasteiger partial charge in [0.05, 0.1) is 13.2 Å². The van der Waals surface area contributed by atoms with Crippen LogP contribution in [0.15, 0.2) is 41.4 Å². The normalized spacial score (nSPS) is 15.6. The highest BCUT2D eigenvalue weighted by atomic mass is 16.5. The van der Waals surface area contributed by atoms with E-state index in [0.717, 1.165) is 29.4 Å². The van der Waals surface area contributed by atoms with Crippen molar-refractivity contribution in [3.05, 3.63) is 58.7 Å². The molecule has 1 unspecified atom stereocenters. The molecule has 0 spiro atoms. The van der Waals surface area contributed by atoms with E-state index < -0.39 is 0 Å². The van der Waals surface area contributed by atoms with Crippen LogP contribution in [0.2, 0.25) is 0 Å². The molecule has 2 N–H and O–H groups in total. The number of nitrogens with zero attached hydrogens (tertiary/aromatic N) is 1. The van der Waals surface area contributed by atoms with Gasteiger partial charge in [-0.3, -0.25) is 4.99 Å². The first-order valence-electron chi connectivity index (χ1n) is 10.1. The summed E-state index contributed by atoms with van der Waals surface area (Å²) in [6, 6.07) is 12.4. The predicted octanol–water partition coefficient (Wildman–Crippen LogP) is 3.42. The van der Waals surface area contributed by atoms with Crippen molar-refractivity contribution in [1.29, 1.82) is 0 Å². The molecule has 0 fully saturated rings. The van der Waals surface area contributed by atoms with Gasteiger partial charge in [0.15, 0.2) is 5.96 Å². The van der Waals surface area contributed by atoms with Gasteiger partial charge in [0.1, 0.15) is 17.6 Å². The maximum absolute atomic E-state index is 5.91. The van der Waals surface area contributed by atoms with Crippen LogP contribution in [0.1, 0.15) is 36.1 Å². The third kappa shape index (κ3) is 5.41. The minimum Gasteiger partial charge on any atom is -0.494 e. The Morgan fingerprint density at radius 2 is 1.86 bits per heavy atom. The lowest BCUT2D eigenvalue weighted by Crippen LogP contribution is -2.36. The first-order chi connectivity index (χ1) is 14.1. The summed E-state index contributed by atoms with van der Waals surface area (Å²) in [6.45, 7) is 6.58. The van der Waals surface area contributed by atoms with Gasteiger partial charge in [-0.1, -0.05) is 24.3 Å². The SMILES string of the molecule is CCOc1cc2c(cc1CNC(=NC)NCc1ccccc1COC)OC(C)C2. The molecule has 1 aliphatic heterocycles. The Kier molecular flexibility index (Phi) is 7.36. The molecule has 6 heteroatoms. The van der Waals surface area contributed by atoms with Crippen molar-refractivity contribution in [1.82, 2.24) is 10.6 Å². The largest absolute Gasteiger partial charge is 0.494 e. The number of fused-ring (bicyclic) bond motifs is 1. The highest BCUT2D eigenvalue weighted by molar-refractivity contribution is 5.79. The minimum atomic E-state index is 0.212. The predicted molar refractivity (Wildman–Crippen MR) is 116 cm³/mol. The second kappa shape index (κ2) is 10.2. The maximum atomic E-state index is 5.91. The third-order valence-electron chi connectivity index (χ3n) is 4.91. The van der Waals surface area contributed by atoms with Gasteiger partial charge in [0, 0.05) is 44.8 Å². The Morgan fingerprint density at radius 1 is 1.14 bits per heavy atom. The number of aliphatic imine (C=N–C) groups is 1. The van der Waals surface area contributed by atoms with Crippen LogP contribution in [-0.4, -0.2) is 32.8 Å². The summed E-state index contributed by atoms with van der Waals surface area (Å²) in [5, 5.41) is 6.76. The summed E-state index contributed by atoms with van der Waals surface area (Å²) in [7, 11) is 3.48. The van der Waals surface area contributed by atoms with E-state index in [1.54, 1.807) is 14.2 Å². The topological polar surface area (TPSA) is 64.1 Å². The van der Waals surface area contributed by atoms with Crippen molar-refractivity contribution < 1.29 is 14.2 Å². The molecule has 2 aromatic carbocycles. The molecule has 0 radical (unpaired) electrons. The zero-order valence-electron chi connectivity index (χ0n) is 17.7. The molecule has 1 heterocycles. The van der Waals surface area contributed by atoms with E-state index in [0.29, 0.717) is 26.3 Å². The molecule has 2 aromatic rings. The molecule has 0 saturated heterocycles. The Morgan fingerprint density at radius 3 is 2.55 bits per heavy atom. The second-order valence-electron chi connectivity index (χ2n) is 7.11. The van der Waals surface area contributed by atoms with Crippen molar-refractivity contribution in [2.45, 2.75) is 46.1 Å². The monoisotopic (exact) mass is 397 g/mol. The molecule has 0 bridgehead atoms. The van der Waals surface area contributed by atoms with Crippen LogP contribution in [0.3, 0.4) is 0 Å². The molecule has 3 rings (SSSR count). The molecule has 0 saturated carbocycles. The van der Waals surface area contributed by atoms with Crippen molar-refractivity contribution in [2.75, 3.05) is 20.8 Å². The van der Waals surface area contributed by atoms with Crippen LogP contribution in [0, 0.1) is 0 Å². The van der Waals surface area contributed by atoms with Gasteiger partial charge in [-0.15, -0.1) is 0 Å². The number of rotatable bonds is 8. The van der Waals surface area contributed by atoms with E-state index in [9.17, 15) is 0 Å². The molecule has 156 valence electrons. The van der Waals surface area contributed by atoms with Gasteiger partial charge >= 0.3 is 0 Å². The minimum absolute atomic E-state index is 0.212. The fraction of sp³-hybridized carbons (Fsp3) is 0.435. The van der Waals surface area contributed by atoms with Crippen LogP contribution in [0.4, 0.5) is 0 Å². The number of hydrogen-bond donors (Lipinski definition) is 2. The summed E-state index contributed by atoms with van der Waals surface area (Å²) in [6.07, 6.45) is 1.14. The fourth-order valence-electron chi connectivity index (χ4n) is 3.51. The number of hydrogen-bond acceptors (Lipinski definition) is 4. The van der Waals surface area contributed by atoms with Crippen LogP contribution in [0.5, 0.6) is 11.5 Å². The number of nitrogens with one attached hydrogen (secondary N) is 2. The van der Waals surface area contributed by atoms with Crippen LogP contribution in [-0.2, 0) is 30.9 Å². The molecule has 29 heavy (non-hydrogen) atoms. The molecular formula is C23H31N3O3. The van der Waals surface area contributed by atoms with Crippen molar-refractivity contribution in [2.24, 2.45) is 4.99 Å². The summed E-state index contributed by atoms with van der Waals surface area (Å²) >= 11 is 0. The molecule has 0 aliphatic carbocycles. The summed E-state index contributed by atoms with van der Waals surface area (Å²) in [5.74, 6) is 2.58. The Labute approximate surface area is 173 Å². The van der Waals surface area contributed by atoms with Crippen molar-refractivity contribution in [3.63, 3.8) is 0 Å².